The van der Waals surface area contributed by atoms with Gasteiger partial charge in [0.2, 0.25) is 0 Å². The van der Waals surface area contributed by atoms with Crippen LogP contribution in [0.25, 0.3) is 5.69 Å². The molecule has 2 aromatic heterocycles. The van der Waals surface area contributed by atoms with Gasteiger partial charge < -0.3 is 18.8 Å². The Bertz CT molecular complexity index is 1380. The SMILES string of the molecule is Cc1cn(-c2ccc3n(c2=O)CCN([C@@H](C)[C@@H]2CC[C@H](c4ccc(C(F)(F)F)c(F)c4)O2)C3=O)cn1. The summed E-state index contributed by atoms with van der Waals surface area (Å²) in [5, 5.41) is 0. The van der Waals surface area contributed by atoms with Crippen molar-refractivity contribution in [2.45, 2.75) is 57.7 Å². The lowest BCUT2D eigenvalue weighted by Crippen LogP contribution is -2.52. The van der Waals surface area contributed by atoms with Crippen LogP contribution in [0.4, 0.5) is 17.6 Å². The zero-order valence-corrected chi connectivity index (χ0v) is 19.6. The number of ether oxygens (including phenoxy) is 1. The van der Waals surface area contributed by atoms with E-state index in [4.69, 9.17) is 4.74 Å². The third-order valence-corrected chi connectivity index (χ3v) is 6.94. The van der Waals surface area contributed by atoms with Crippen molar-refractivity contribution in [1.29, 1.82) is 0 Å². The van der Waals surface area contributed by atoms with E-state index in [1.807, 2.05) is 13.8 Å². The highest BCUT2D eigenvalue weighted by Crippen LogP contribution is 2.38. The smallest absolute Gasteiger partial charge is 0.368 e. The molecule has 11 heteroatoms. The number of aromatic nitrogens is 3. The summed E-state index contributed by atoms with van der Waals surface area (Å²) < 4.78 is 61.8. The fourth-order valence-electron chi connectivity index (χ4n) is 5.00. The first-order valence-corrected chi connectivity index (χ1v) is 11.6. The molecule has 5 rings (SSSR count). The quantitative estimate of drug-likeness (QED) is 0.498. The number of imidazole rings is 1. The van der Waals surface area contributed by atoms with Crippen molar-refractivity contribution in [3.63, 3.8) is 0 Å². The average molecular weight is 504 g/mol. The summed E-state index contributed by atoms with van der Waals surface area (Å²) in [6, 6.07) is 5.71. The second kappa shape index (κ2) is 8.88. The predicted molar refractivity (Wildman–Crippen MR) is 121 cm³/mol. The van der Waals surface area contributed by atoms with Gasteiger partial charge in [0.1, 0.15) is 17.2 Å². The molecular weight excluding hydrogens is 480 g/mol. The largest absolute Gasteiger partial charge is 0.419 e. The van der Waals surface area contributed by atoms with Gasteiger partial charge in [-0.3, -0.25) is 9.59 Å². The first-order chi connectivity index (χ1) is 17.0. The number of pyridine rings is 1. The maximum Gasteiger partial charge on any atom is 0.419 e. The van der Waals surface area contributed by atoms with Gasteiger partial charge in [-0.15, -0.1) is 0 Å². The fraction of sp³-hybridized carbons (Fsp3) is 0.400. The highest BCUT2D eigenvalue weighted by molar-refractivity contribution is 5.93. The number of carbonyl (C=O) groups excluding carboxylic acids is 1. The number of benzene rings is 1. The van der Waals surface area contributed by atoms with Gasteiger partial charge in [-0.2, -0.15) is 13.2 Å². The molecule has 0 radical (unpaired) electrons. The van der Waals surface area contributed by atoms with E-state index in [0.29, 0.717) is 37.2 Å². The van der Waals surface area contributed by atoms with Crippen molar-refractivity contribution in [2.24, 2.45) is 0 Å². The van der Waals surface area contributed by atoms with E-state index < -0.39 is 23.7 Å². The summed E-state index contributed by atoms with van der Waals surface area (Å²) in [6.45, 7) is 4.28. The van der Waals surface area contributed by atoms with Crippen LogP contribution < -0.4 is 5.56 Å². The maximum absolute atomic E-state index is 14.0. The summed E-state index contributed by atoms with van der Waals surface area (Å²) in [6.07, 6.45) is -1.37. The summed E-state index contributed by atoms with van der Waals surface area (Å²) in [4.78, 5) is 32.1. The van der Waals surface area contributed by atoms with E-state index in [1.54, 1.807) is 34.1 Å². The molecule has 3 aromatic rings. The lowest BCUT2D eigenvalue weighted by Gasteiger charge is -2.37. The molecule has 0 unspecified atom stereocenters. The van der Waals surface area contributed by atoms with Crippen molar-refractivity contribution in [3.8, 4) is 5.69 Å². The first kappa shape index (κ1) is 24.2. The number of amides is 1. The molecule has 1 saturated heterocycles. The van der Waals surface area contributed by atoms with Gasteiger partial charge in [0.15, 0.2) is 0 Å². The zero-order valence-electron chi connectivity index (χ0n) is 19.6. The molecule has 2 aliphatic rings. The standard InChI is InChI=1S/C25H24F4N4O3/c1-14-12-31(13-30-14)19-5-6-20-24(35)32(9-10-33(20)23(19)34)15(2)21-7-8-22(36-21)16-3-4-17(18(26)11-16)25(27,28)29/h3-6,11-13,15,21-22H,7-10H2,1-2H3/t15-,21-,22+/m0/s1. The second-order valence-corrected chi connectivity index (χ2v) is 9.20. The van der Waals surface area contributed by atoms with Crippen LogP contribution >= 0.6 is 0 Å². The Balaban J connectivity index is 1.31. The Hall–Kier alpha value is -3.47. The summed E-state index contributed by atoms with van der Waals surface area (Å²) >= 11 is 0. The predicted octanol–water partition coefficient (Wildman–Crippen LogP) is 4.26. The van der Waals surface area contributed by atoms with Gasteiger partial charge in [0.25, 0.3) is 11.5 Å². The summed E-state index contributed by atoms with van der Waals surface area (Å²) in [5.41, 5.74) is 0.180. The first-order valence-electron chi connectivity index (χ1n) is 11.6. The topological polar surface area (TPSA) is 69.4 Å². The number of fused-ring (bicyclic) bond motifs is 1. The van der Waals surface area contributed by atoms with Crippen molar-refractivity contribution < 1.29 is 27.1 Å². The van der Waals surface area contributed by atoms with Crippen LogP contribution in [-0.4, -0.2) is 43.6 Å². The fourth-order valence-corrected chi connectivity index (χ4v) is 5.00. The van der Waals surface area contributed by atoms with Gasteiger partial charge in [-0.1, -0.05) is 6.07 Å². The van der Waals surface area contributed by atoms with E-state index in [0.717, 1.165) is 17.8 Å². The molecule has 190 valence electrons. The highest BCUT2D eigenvalue weighted by Gasteiger charge is 2.39. The molecule has 36 heavy (non-hydrogen) atoms. The molecule has 4 heterocycles. The number of halogens is 4. The van der Waals surface area contributed by atoms with Gasteiger partial charge in [0.05, 0.1) is 35.8 Å². The van der Waals surface area contributed by atoms with Crippen LogP contribution in [0.2, 0.25) is 0 Å². The summed E-state index contributed by atoms with van der Waals surface area (Å²) in [7, 11) is 0. The zero-order chi connectivity index (χ0) is 25.8. The number of hydrogen-bond donors (Lipinski definition) is 0. The number of carbonyl (C=O) groups is 1. The maximum atomic E-state index is 14.0. The Morgan fingerprint density at radius 1 is 1.11 bits per heavy atom. The minimum absolute atomic E-state index is 0.276. The van der Waals surface area contributed by atoms with E-state index >= 15 is 0 Å². The Labute approximate surface area is 203 Å². The number of nitrogens with zero attached hydrogens (tertiary/aromatic N) is 4. The molecule has 7 nitrogen and oxygen atoms in total. The van der Waals surface area contributed by atoms with Crippen molar-refractivity contribution >= 4 is 5.91 Å². The molecule has 0 aliphatic carbocycles. The molecule has 0 spiro atoms. The second-order valence-electron chi connectivity index (χ2n) is 9.20. The van der Waals surface area contributed by atoms with E-state index in [-0.39, 0.29) is 29.3 Å². The highest BCUT2D eigenvalue weighted by atomic mass is 19.4. The average Bonchev–Trinajstić information content (AvgIpc) is 3.48. The molecule has 0 N–H and O–H groups in total. The Morgan fingerprint density at radius 2 is 1.89 bits per heavy atom. The Kier molecular flexibility index (Phi) is 5.98. The molecule has 0 saturated carbocycles. The van der Waals surface area contributed by atoms with Crippen molar-refractivity contribution in [3.05, 3.63) is 81.5 Å². The van der Waals surface area contributed by atoms with Gasteiger partial charge in [-0.25, -0.2) is 9.37 Å². The molecule has 0 bridgehead atoms. The summed E-state index contributed by atoms with van der Waals surface area (Å²) in [5.74, 6) is -1.63. The third kappa shape index (κ3) is 4.21. The lowest BCUT2D eigenvalue weighted by molar-refractivity contribution is -0.140. The van der Waals surface area contributed by atoms with Crippen LogP contribution in [0.15, 0.2) is 47.7 Å². The number of aryl methyl sites for hydroxylation is 1. The molecule has 2 aliphatic heterocycles. The minimum Gasteiger partial charge on any atom is -0.368 e. The third-order valence-electron chi connectivity index (χ3n) is 6.94. The van der Waals surface area contributed by atoms with Crippen LogP contribution in [0.1, 0.15) is 53.2 Å². The molecular formula is C25H24F4N4O3. The number of rotatable bonds is 4. The molecule has 1 aromatic carbocycles. The monoisotopic (exact) mass is 504 g/mol. The van der Waals surface area contributed by atoms with E-state index in [9.17, 15) is 27.2 Å². The normalized spacial score (nSPS) is 21.1. The van der Waals surface area contributed by atoms with E-state index in [2.05, 4.69) is 4.98 Å². The van der Waals surface area contributed by atoms with Crippen molar-refractivity contribution in [1.82, 2.24) is 19.0 Å². The number of hydrogen-bond acceptors (Lipinski definition) is 4. The van der Waals surface area contributed by atoms with Gasteiger partial charge in [-0.05, 0) is 56.5 Å². The van der Waals surface area contributed by atoms with Crippen LogP contribution in [0.5, 0.6) is 0 Å². The van der Waals surface area contributed by atoms with Gasteiger partial charge in [0, 0.05) is 19.3 Å². The van der Waals surface area contributed by atoms with Crippen LogP contribution in [0.3, 0.4) is 0 Å². The lowest BCUT2D eigenvalue weighted by atomic mass is 10.0. The van der Waals surface area contributed by atoms with Crippen LogP contribution in [-0.2, 0) is 17.5 Å². The van der Waals surface area contributed by atoms with Gasteiger partial charge >= 0.3 is 6.18 Å². The number of alkyl halides is 3. The Morgan fingerprint density at radius 3 is 2.56 bits per heavy atom. The van der Waals surface area contributed by atoms with Crippen molar-refractivity contribution in [2.75, 3.05) is 6.54 Å². The molecule has 1 fully saturated rings. The molecule has 1 amide bonds. The van der Waals surface area contributed by atoms with Crippen LogP contribution in [0, 0.1) is 12.7 Å². The molecule has 3 atom stereocenters. The minimum atomic E-state index is -4.76. The van der Waals surface area contributed by atoms with E-state index in [1.165, 1.54) is 10.6 Å².